The van der Waals surface area contributed by atoms with Crippen molar-refractivity contribution in [2.24, 2.45) is 0 Å². The number of para-hydroxylation sites is 1. The van der Waals surface area contributed by atoms with Gasteiger partial charge in [-0.05, 0) is 48.6 Å². The molecule has 1 fully saturated rings. The van der Waals surface area contributed by atoms with Crippen molar-refractivity contribution in [3.05, 3.63) is 71.0 Å². The van der Waals surface area contributed by atoms with Crippen molar-refractivity contribution in [1.82, 2.24) is 5.32 Å². The molecule has 1 saturated carbocycles. The van der Waals surface area contributed by atoms with Gasteiger partial charge in [0.05, 0.1) is 5.56 Å². The van der Waals surface area contributed by atoms with Crippen LogP contribution in [-0.2, 0) is 6.61 Å². The summed E-state index contributed by atoms with van der Waals surface area (Å²) in [5.74, 6) is 0.879. The maximum Gasteiger partial charge on any atom is 0.291 e. The highest BCUT2D eigenvalue weighted by Gasteiger charge is 2.26. The van der Waals surface area contributed by atoms with Crippen LogP contribution in [0.15, 0.2) is 58.3 Å². The van der Waals surface area contributed by atoms with Gasteiger partial charge in [-0.3, -0.25) is 9.59 Å². The van der Waals surface area contributed by atoms with Crippen LogP contribution in [0.5, 0.6) is 5.75 Å². The summed E-state index contributed by atoms with van der Waals surface area (Å²) in [6.07, 6.45) is 2.02. The molecule has 3 aromatic rings. The lowest BCUT2D eigenvalue weighted by Gasteiger charge is -2.06. The fraction of sp³-hybridized carbons (Fsp3) is 0.200. The molecule has 2 aromatic heterocycles. The highest BCUT2D eigenvalue weighted by molar-refractivity contribution is 7.14. The van der Waals surface area contributed by atoms with Crippen molar-refractivity contribution in [3.8, 4) is 5.75 Å². The lowest BCUT2D eigenvalue weighted by molar-refractivity contribution is 0.0952. The monoisotopic (exact) mass is 382 g/mol. The molecule has 0 spiro atoms. The number of carbonyl (C=O) groups excluding carboxylic acids is 2. The molecule has 2 amide bonds. The van der Waals surface area contributed by atoms with E-state index in [-0.39, 0.29) is 24.3 Å². The lowest BCUT2D eigenvalue weighted by Crippen LogP contribution is -2.26. The van der Waals surface area contributed by atoms with Crippen LogP contribution in [0.2, 0.25) is 0 Å². The van der Waals surface area contributed by atoms with Crippen LogP contribution in [0.1, 0.15) is 39.5 Å². The van der Waals surface area contributed by atoms with E-state index >= 15 is 0 Å². The first-order valence-corrected chi connectivity index (χ1v) is 9.53. The summed E-state index contributed by atoms with van der Waals surface area (Å²) in [4.78, 5) is 24.7. The summed E-state index contributed by atoms with van der Waals surface area (Å²) in [5, 5.41) is 7.96. The third-order valence-corrected chi connectivity index (χ3v) is 4.89. The van der Waals surface area contributed by atoms with E-state index in [9.17, 15) is 9.59 Å². The topological polar surface area (TPSA) is 80.6 Å². The van der Waals surface area contributed by atoms with Gasteiger partial charge in [-0.2, -0.15) is 0 Å². The van der Waals surface area contributed by atoms with Crippen LogP contribution in [0.3, 0.4) is 0 Å². The first-order chi connectivity index (χ1) is 13.2. The zero-order valence-electron chi connectivity index (χ0n) is 14.4. The molecule has 0 bridgehead atoms. The molecule has 1 aliphatic rings. The molecule has 0 unspecified atom stereocenters. The maximum absolute atomic E-state index is 12.4. The summed E-state index contributed by atoms with van der Waals surface area (Å²) < 4.78 is 11.2. The second-order valence-corrected chi connectivity index (χ2v) is 7.15. The highest BCUT2D eigenvalue weighted by Crippen LogP contribution is 2.26. The average Bonchev–Trinajstić information content (AvgIpc) is 3.18. The Hall–Kier alpha value is -3.06. The van der Waals surface area contributed by atoms with Crippen molar-refractivity contribution in [1.29, 1.82) is 0 Å². The molecule has 1 aliphatic carbocycles. The molecular formula is C20H18N2O4S. The fourth-order valence-electron chi connectivity index (χ4n) is 2.49. The highest BCUT2D eigenvalue weighted by atomic mass is 32.1. The van der Waals surface area contributed by atoms with E-state index in [0.29, 0.717) is 16.3 Å². The Bertz CT molecular complexity index is 944. The largest absolute Gasteiger partial charge is 0.486 e. The molecular weight excluding hydrogens is 364 g/mol. The molecule has 0 saturated heterocycles. The van der Waals surface area contributed by atoms with Gasteiger partial charge in [0.25, 0.3) is 11.8 Å². The van der Waals surface area contributed by atoms with Gasteiger partial charge < -0.3 is 19.8 Å². The molecule has 6 nitrogen and oxygen atoms in total. The molecule has 2 N–H and O–H groups in total. The number of thiophene rings is 1. The summed E-state index contributed by atoms with van der Waals surface area (Å²) in [6, 6.07) is 14.6. The number of nitrogens with one attached hydrogen (secondary N) is 2. The molecule has 2 heterocycles. The Kier molecular flexibility index (Phi) is 4.93. The van der Waals surface area contributed by atoms with Crippen LogP contribution >= 0.6 is 11.3 Å². The summed E-state index contributed by atoms with van der Waals surface area (Å²) in [7, 11) is 0. The van der Waals surface area contributed by atoms with Crippen molar-refractivity contribution in [3.63, 3.8) is 0 Å². The molecule has 0 aliphatic heterocycles. The van der Waals surface area contributed by atoms with Gasteiger partial charge >= 0.3 is 0 Å². The molecule has 138 valence electrons. The molecule has 7 heteroatoms. The second-order valence-electron chi connectivity index (χ2n) is 6.23. The Morgan fingerprint density at radius 2 is 1.89 bits per heavy atom. The first kappa shape index (κ1) is 17.4. The van der Waals surface area contributed by atoms with Crippen molar-refractivity contribution < 1.29 is 18.7 Å². The molecule has 4 rings (SSSR count). The van der Waals surface area contributed by atoms with E-state index in [2.05, 4.69) is 10.6 Å². The van der Waals surface area contributed by atoms with Gasteiger partial charge in [0.1, 0.15) is 23.1 Å². The minimum atomic E-state index is -0.399. The number of rotatable bonds is 7. The standard InChI is InChI=1S/C20H18N2O4S/c23-18(21-13-6-7-13)16-10-11-27-20(16)22-19(24)17-9-8-15(26-17)12-25-14-4-2-1-3-5-14/h1-5,8-11,13H,6-7,12H2,(H,21,23)(H,22,24). The predicted molar refractivity (Wildman–Crippen MR) is 102 cm³/mol. The number of hydrogen-bond acceptors (Lipinski definition) is 5. The van der Waals surface area contributed by atoms with Gasteiger partial charge in [-0.15, -0.1) is 11.3 Å². The normalized spacial score (nSPS) is 13.2. The van der Waals surface area contributed by atoms with E-state index in [1.54, 1.807) is 23.6 Å². The van der Waals surface area contributed by atoms with Gasteiger partial charge in [0, 0.05) is 6.04 Å². The zero-order valence-corrected chi connectivity index (χ0v) is 15.3. The molecule has 0 atom stereocenters. The van der Waals surface area contributed by atoms with E-state index < -0.39 is 5.91 Å². The van der Waals surface area contributed by atoms with Crippen LogP contribution in [0.4, 0.5) is 5.00 Å². The smallest absolute Gasteiger partial charge is 0.291 e. The summed E-state index contributed by atoms with van der Waals surface area (Å²) in [6.45, 7) is 0.228. The maximum atomic E-state index is 12.4. The SMILES string of the molecule is O=C(Nc1sccc1C(=O)NC1CC1)c1ccc(COc2ccccc2)o1. The Labute approximate surface area is 160 Å². The number of carbonyl (C=O) groups is 2. The second kappa shape index (κ2) is 7.67. The zero-order chi connectivity index (χ0) is 18.6. The van der Waals surface area contributed by atoms with Crippen LogP contribution in [0, 0.1) is 0 Å². The number of furan rings is 1. The number of anilines is 1. The molecule has 1 aromatic carbocycles. The fourth-order valence-corrected chi connectivity index (χ4v) is 3.27. The predicted octanol–water partition coefficient (Wildman–Crippen LogP) is 4.06. The minimum absolute atomic E-state index is 0.162. The van der Waals surface area contributed by atoms with E-state index in [1.807, 2.05) is 30.3 Å². The van der Waals surface area contributed by atoms with E-state index in [0.717, 1.165) is 18.6 Å². The van der Waals surface area contributed by atoms with Gasteiger partial charge in [-0.25, -0.2) is 0 Å². The van der Waals surface area contributed by atoms with Gasteiger partial charge in [-0.1, -0.05) is 18.2 Å². The third-order valence-electron chi connectivity index (χ3n) is 4.06. The molecule has 0 radical (unpaired) electrons. The molecule has 27 heavy (non-hydrogen) atoms. The number of amides is 2. The summed E-state index contributed by atoms with van der Waals surface area (Å²) in [5.41, 5.74) is 0.472. The third kappa shape index (κ3) is 4.38. The van der Waals surface area contributed by atoms with Crippen LogP contribution < -0.4 is 15.4 Å². The van der Waals surface area contributed by atoms with Crippen LogP contribution in [0.25, 0.3) is 0 Å². The van der Waals surface area contributed by atoms with Crippen LogP contribution in [-0.4, -0.2) is 17.9 Å². The Morgan fingerprint density at radius 3 is 2.67 bits per heavy atom. The quantitative estimate of drug-likeness (QED) is 0.646. The minimum Gasteiger partial charge on any atom is -0.486 e. The average molecular weight is 382 g/mol. The Balaban J connectivity index is 1.37. The summed E-state index contributed by atoms with van der Waals surface area (Å²) >= 11 is 1.30. The number of ether oxygens (including phenoxy) is 1. The number of benzene rings is 1. The lowest BCUT2D eigenvalue weighted by atomic mass is 10.3. The van der Waals surface area contributed by atoms with E-state index in [1.165, 1.54) is 11.3 Å². The van der Waals surface area contributed by atoms with Gasteiger partial charge in [0.2, 0.25) is 0 Å². The van der Waals surface area contributed by atoms with Crippen molar-refractivity contribution in [2.75, 3.05) is 5.32 Å². The Morgan fingerprint density at radius 1 is 1.07 bits per heavy atom. The number of hydrogen-bond donors (Lipinski definition) is 2. The first-order valence-electron chi connectivity index (χ1n) is 8.65. The van der Waals surface area contributed by atoms with Gasteiger partial charge in [0.15, 0.2) is 5.76 Å². The van der Waals surface area contributed by atoms with E-state index in [4.69, 9.17) is 9.15 Å². The van der Waals surface area contributed by atoms with Crippen molar-refractivity contribution in [2.45, 2.75) is 25.5 Å². The van der Waals surface area contributed by atoms with Crippen molar-refractivity contribution >= 4 is 28.2 Å².